The Labute approximate surface area is 175 Å². The number of aryl methyl sites for hydroxylation is 3. The van der Waals surface area contributed by atoms with E-state index in [0.717, 1.165) is 58.0 Å². The second-order valence-electron chi connectivity index (χ2n) is 7.64. The molecule has 7 nitrogen and oxygen atoms in total. The van der Waals surface area contributed by atoms with Gasteiger partial charge in [-0.15, -0.1) is 5.10 Å². The van der Waals surface area contributed by atoms with Crippen molar-refractivity contribution >= 4 is 23.1 Å². The predicted molar refractivity (Wildman–Crippen MR) is 117 cm³/mol. The minimum absolute atomic E-state index is 0.00109. The molecule has 3 aromatic rings. The number of hydrogen-bond donors (Lipinski definition) is 2. The first-order valence-corrected chi connectivity index (χ1v) is 9.99. The van der Waals surface area contributed by atoms with Gasteiger partial charge in [0.05, 0.1) is 24.2 Å². The van der Waals surface area contributed by atoms with E-state index in [9.17, 15) is 4.79 Å². The van der Waals surface area contributed by atoms with E-state index >= 15 is 0 Å². The van der Waals surface area contributed by atoms with Crippen LogP contribution in [0.1, 0.15) is 29.8 Å². The first-order chi connectivity index (χ1) is 14.5. The van der Waals surface area contributed by atoms with Crippen molar-refractivity contribution in [1.82, 2.24) is 15.2 Å². The predicted octanol–water partition coefficient (Wildman–Crippen LogP) is 4.56. The maximum absolute atomic E-state index is 12.1. The number of amides is 1. The fraction of sp³-hybridized carbons (Fsp3) is 0.304. The summed E-state index contributed by atoms with van der Waals surface area (Å²) in [5.41, 5.74) is 6.30. The van der Waals surface area contributed by atoms with Crippen LogP contribution in [0.5, 0.6) is 5.75 Å². The van der Waals surface area contributed by atoms with Crippen LogP contribution in [0.15, 0.2) is 36.5 Å². The summed E-state index contributed by atoms with van der Waals surface area (Å²) < 4.78 is 5.79. The SMILES string of the molecule is COc1c(Nc2cc(NC(=O)C3CC3)nnc2C)ccc(C)c1-c1ccc(C)nc1. The molecule has 0 bridgehead atoms. The van der Waals surface area contributed by atoms with Crippen LogP contribution in [-0.4, -0.2) is 28.2 Å². The van der Waals surface area contributed by atoms with Crippen molar-refractivity contribution in [3.8, 4) is 16.9 Å². The molecule has 1 fully saturated rings. The fourth-order valence-corrected chi connectivity index (χ4v) is 3.33. The number of nitrogens with one attached hydrogen (secondary N) is 2. The van der Waals surface area contributed by atoms with Gasteiger partial charge in [0.15, 0.2) is 5.82 Å². The zero-order valence-electron chi connectivity index (χ0n) is 17.6. The molecule has 7 heteroatoms. The Morgan fingerprint density at radius 2 is 1.87 bits per heavy atom. The van der Waals surface area contributed by atoms with Crippen LogP contribution in [0.4, 0.5) is 17.2 Å². The first kappa shape index (κ1) is 19.8. The van der Waals surface area contributed by atoms with Gasteiger partial charge in [0, 0.05) is 35.0 Å². The molecule has 0 radical (unpaired) electrons. The molecule has 1 saturated carbocycles. The van der Waals surface area contributed by atoms with Crippen molar-refractivity contribution in [3.05, 3.63) is 53.5 Å². The Bertz CT molecular complexity index is 1090. The average Bonchev–Trinajstić information content (AvgIpc) is 3.58. The van der Waals surface area contributed by atoms with Crippen molar-refractivity contribution in [1.29, 1.82) is 0 Å². The van der Waals surface area contributed by atoms with Gasteiger partial charge < -0.3 is 15.4 Å². The highest BCUT2D eigenvalue weighted by atomic mass is 16.5. The van der Waals surface area contributed by atoms with E-state index in [1.165, 1.54) is 0 Å². The molecule has 0 saturated heterocycles. The van der Waals surface area contributed by atoms with Gasteiger partial charge in [0.2, 0.25) is 5.91 Å². The van der Waals surface area contributed by atoms with Gasteiger partial charge in [-0.05, 0) is 51.3 Å². The number of methoxy groups -OCH3 is 1. The van der Waals surface area contributed by atoms with Crippen molar-refractivity contribution in [3.63, 3.8) is 0 Å². The second-order valence-corrected chi connectivity index (χ2v) is 7.64. The first-order valence-electron chi connectivity index (χ1n) is 9.99. The normalized spacial score (nSPS) is 13.1. The molecule has 30 heavy (non-hydrogen) atoms. The van der Waals surface area contributed by atoms with Crippen LogP contribution in [0, 0.1) is 26.7 Å². The highest BCUT2D eigenvalue weighted by Crippen LogP contribution is 2.40. The van der Waals surface area contributed by atoms with Crippen LogP contribution in [0.25, 0.3) is 11.1 Å². The minimum Gasteiger partial charge on any atom is -0.494 e. The topological polar surface area (TPSA) is 89.0 Å². The van der Waals surface area contributed by atoms with E-state index < -0.39 is 0 Å². The molecule has 0 unspecified atom stereocenters. The van der Waals surface area contributed by atoms with E-state index in [1.807, 2.05) is 51.2 Å². The Kier molecular flexibility index (Phi) is 5.35. The molecule has 0 aliphatic heterocycles. The summed E-state index contributed by atoms with van der Waals surface area (Å²) in [5, 5.41) is 14.5. The summed E-state index contributed by atoms with van der Waals surface area (Å²) in [6.07, 6.45) is 3.73. The van der Waals surface area contributed by atoms with Crippen molar-refractivity contribution < 1.29 is 9.53 Å². The summed E-state index contributed by atoms with van der Waals surface area (Å²) in [7, 11) is 1.66. The van der Waals surface area contributed by atoms with E-state index in [4.69, 9.17) is 4.74 Å². The average molecular weight is 403 g/mol. The van der Waals surface area contributed by atoms with Crippen molar-refractivity contribution in [2.45, 2.75) is 33.6 Å². The molecule has 1 aliphatic carbocycles. The molecule has 0 spiro atoms. The quantitative estimate of drug-likeness (QED) is 0.627. The van der Waals surface area contributed by atoms with Crippen LogP contribution in [-0.2, 0) is 4.79 Å². The van der Waals surface area contributed by atoms with E-state index in [2.05, 4.69) is 25.8 Å². The van der Waals surface area contributed by atoms with Gasteiger partial charge in [0.1, 0.15) is 5.75 Å². The molecule has 0 atom stereocenters. The summed E-state index contributed by atoms with van der Waals surface area (Å²) in [6, 6.07) is 9.85. The van der Waals surface area contributed by atoms with Gasteiger partial charge in [-0.3, -0.25) is 9.78 Å². The van der Waals surface area contributed by atoms with E-state index in [1.54, 1.807) is 13.2 Å². The number of carbonyl (C=O) groups excluding carboxylic acids is 1. The highest BCUT2D eigenvalue weighted by Gasteiger charge is 2.30. The fourth-order valence-electron chi connectivity index (χ4n) is 3.33. The van der Waals surface area contributed by atoms with Crippen LogP contribution < -0.4 is 15.4 Å². The maximum atomic E-state index is 12.1. The van der Waals surface area contributed by atoms with Crippen LogP contribution in [0.3, 0.4) is 0 Å². The van der Waals surface area contributed by atoms with Crippen molar-refractivity contribution in [2.75, 3.05) is 17.7 Å². The Morgan fingerprint density at radius 1 is 1.07 bits per heavy atom. The smallest absolute Gasteiger partial charge is 0.228 e. The Morgan fingerprint density at radius 3 is 2.53 bits per heavy atom. The number of rotatable bonds is 6. The molecule has 2 heterocycles. The molecule has 1 aliphatic rings. The van der Waals surface area contributed by atoms with Gasteiger partial charge in [-0.1, -0.05) is 12.1 Å². The summed E-state index contributed by atoms with van der Waals surface area (Å²) in [4.78, 5) is 16.5. The third kappa shape index (κ3) is 4.10. The minimum atomic E-state index is 0.00109. The molecule has 154 valence electrons. The molecular weight excluding hydrogens is 378 g/mol. The monoisotopic (exact) mass is 403 g/mol. The zero-order chi connectivity index (χ0) is 21.3. The zero-order valence-corrected chi connectivity index (χ0v) is 17.6. The molecular formula is C23H25N5O2. The number of anilines is 3. The van der Waals surface area contributed by atoms with Gasteiger partial charge in [-0.25, -0.2) is 0 Å². The van der Waals surface area contributed by atoms with Gasteiger partial charge in [0.25, 0.3) is 0 Å². The summed E-state index contributed by atoms with van der Waals surface area (Å²) in [6.45, 7) is 5.88. The molecule has 1 aromatic carbocycles. The van der Waals surface area contributed by atoms with Crippen molar-refractivity contribution in [2.24, 2.45) is 5.92 Å². The molecule has 4 rings (SSSR count). The number of aromatic nitrogens is 3. The second kappa shape index (κ2) is 8.10. The molecule has 2 N–H and O–H groups in total. The van der Waals surface area contributed by atoms with E-state index in [-0.39, 0.29) is 11.8 Å². The van der Waals surface area contributed by atoms with E-state index in [0.29, 0.717) is 5.82 Å². The van der Waals surface area contributed by atoms with Gasteiger partial charge in [-0.2, -0.15) is 5.10 Å². The summed E-state index contributed by atoms with van der Waals surface area (Å²) >= 11 is 0. The van der Waals surface area contributed by atoms with Crippen LogP contribution >= 0.6 is 0 Å². The van der Waals surface area contributed by atoms with Gasteiger partial charge >= 0.3 is 0 Å². The lowest BCUT2D eigenvalue weighted by Gasteiger charge is -2.18. The lowest BCUT2D eigenvalue weighted by molar-refractivity contribution is -0.117. The number of ether oxygens (including phenoxy) is 1. The largest absolute Gasteiger partial charge is 0.494 e. The lowest BCUT2D eigenvalue weighted by Crippen LogP contribution is -2.15. The highest BCUT2D eigenvalue weighted by molar-refractivity contribution is 5.93. The number of nitrogens with zero attached hydrogens (tertiary/aromatic N) is 3. The number of benzene rings is 1. The molecule has 1 amide bonds. The number of hydrogen-bond acceptors (Lipinski definition) is 6. The maximum Gasteiger partial charge on any atom is 0.228 e. The van der Waals surface area contributed by atoms with Crippen LogP contribution in [0.2, 0.25) is 0 Å². The molecule has 2 aromatic heterocycles. The summed E-state index contributed by atoms with van der Waals surface area (Å²) in [5.74, 6) is 1.27. The third-order valence-electron chi connectivity index (χ3n) is 5.22. The Hall–Kier alpha value is -3.48. The lowest BCUT2D eigenvalue weighted by atomic mass is 9.99. The standard InChI is InChI=1S/C23H25N5O2/c1-13-5-10-18(22(30-4)21(13)17-7-6-14(2)24-12-17)25-19-11-20(28-27-15(19)3)26-23(29)16-8-9-16/h5-7,10-12,16H,8-9H2,1-4H3,(H2,25,26,28,29). The third-order valence-corrected chi connectivity index (χ3v) is 5.22. The number of pyridine rings is 1. The number of carbonyl (C=O) groups is 1. The Balaban J connectivity index is 1.68.